The lowest BCUT2D eigenvalue weighted by Crippen LogP contribution is -2.34. The molecule has 130 valence electrons. The molecule has 0 aromatic heterocycles. The van der Waals surface area contributed by atoms with Gasteiger partial charge >= 0.3 is 0 Å². The molecule has 0 saturated heterocycles. The summed E-state index contributed by atoms with van der Waals surface area (Å²) in [5, 5.41) is 5.64. The van der Waals surface area contributed by atoms with Crippen LogP contribution in [0, 0.1) is 0 Å². The van der Waals surface area contributed by atoms with E-state index in [-0.39, 0.29) is 11.8 Å². The Bertz CT molecular complexity index is 784. The lowest BCUT2D eigenvalue weighted by molar-refractivity contribution is -0.122. The number of nitrogens with one attached hydrogen (secondary N) is 2. The minimum Gasteiger partial charge on any atom is -0.479 e. The predicted molar refractivity (Wildman–Crippen MR) is 97.9 cm³/mol. The fraction of sp³-hybridized carbons (Fsp3) is 0.300. The van der Waals surface area contributed by atoms with Gasteiger partial charge in [-0.25, -0.2) is 0 Å². The number of fused-ring (bicyclic) bond motifs is 1. The second-order valence-electron chi connectivity index (χ2n) is 6.18. The lowest BCUT2D eigenvalue weighted by Gasteiger charge is -2.23. The summed E-state index contributed by atoms with van der Waals surface area (Å²) in [6, 6.07) is 13.6. The van der Waals surface area contributed by atoms with Crippen LogP contribution in [-0.4, -0.2) is 17.9 Å². The van der Waals surface area contributed by atoms with E-state index in [1.807, 2.05) is 0 Å². The van der Waals surface area contributed by atoms with E-state index in [4.69, 9.17) is 4.74 Å². The van der Waals surface area contributed by atoms with Crippen molar-refractivity contribution in [1.29, 1.82) is 0 Å². The number of carbonyl (C=O) groups is 2. The monoisotopic (exact) mass is 338 g/mol. The maximum atomic E-state index is 12.2. The molecule has 1 aliphatic heterocycles. The van der Waals surface area contributed by atoms with E-state index < -0.39 is 6.10 Å². The number of benzene rings is 2. The van der Waals surface area contributed by atoms with Crippen LogP contribution < -0.4 is 15.4 Å². The van der Waals surface area contributed by atoms with Crippen molar-refractivity contribution in [3.05, 3.63) is 53.6 Å². The first-order valence-electron chi connectivity index (χ1n) is 8.54. The topological polar surface area (TPSA) is 67.4 Å². The normalized spacial score (nSPS) is 15.8. The van der Waals surface area contributed by atoms with E-state index in [9.17, 15) is 9.59 Å². The molecule has 5 nitrogen and oxygen atoms in total. The van der Waals surface area contributed by atoms with Crippen molar-refractivity contribution < 1.29 is 14.3 Å². The van der Waals surface area contributed by atoms with Crippen LogP contribution >= 0.6 is 0 Å². The molecule has 2 aromatic rings. The SMILES string of the molecule is CCc1ccc(CCC(=O)Nc2ccc3c(c2)NC(=O)[C@@H](C)O3)cc1. The molecule has 2 amide bonds. The van der Waals surface area contributed by atoms with Gasteiger partial charge in [0.05, 0.1) is 5.69 Å². The number of anilines is 2. The van der Waals surface area contributed by atoms with Crippen molar-refractivity contribution in [2.75, 3.05) is 10.6 Å². The Labute approximate surface area is 147 Å². The summed E-state index contributed by atoms with van der Waals surface area (Å²) >= 11 is 0. The minimum atomic E-state index is -0.507. The van der Waals surface area contributed by atoms with Gasteiger partial charge in [-0.1, -0.05) is 31.2 Å². The molecule has 2 aromatic carbocycles. The number of rotatable bonds is 5. The summed E-state index contributed by atoms with van der Waals surface area (Å²) in [5.41, 5.74) is 3.66. The highest BCUT2D eigenvalue weighted by atomic mass is 16.5. The maximum Gasteiger partial charge on any atom is 0.265 e. The van der Waals surface area contributed by atoms with Crippen molar-refractivity contribution in [3.8, 4) is 5.75 Å². The molecule has 0 aliphatic carbocycles. The van der Waals surface area contributed by atoms with Crippen LogP contribution in [0.3, 0.4) is 0 Å². The molecule has 1 atom stereocenters. The third kappa shape index (κ3) is 4.18. The van der Waals surface area contributed by atoms with Crippen LogP contribution in [0.25, 0.3) is 0 Å². The molecule has 0 bridgehead atoms. The van der Waals surface area contributed by atoms with Crippen LogP contribution in [-0.2, 0) is 22.4 Å². The molecular weight excluding hydrogens is 316 g/mol. The zero-order valence-electron chi connectivity index (χ0n) is 14.5. The average Bonchev–Trinajstić information content (AvgIpc) is 2.61. The zero-order chi connectivity index (χ0) is 17.8. The van der Waals surface area contributed by atoms with Crippen LogP contribution in [0.15, 0.2) is 42.5 Å². The van der Waals surface area contributed by atoms with E-state index >= 15 is 0 Å². The van der Waals surface area contributed by atoms with Gasteiger partial charge in [0.25, 0.3) is 5.91 Å². The molecule has 0 saturated carbocycles. The fourth-order valence-electron chi connectivity index (χ4n) is 2.71. The summed E-state index contributed by atoms with van der Waals surface area (Å²) in [4.78, 5) is 23.8. The Hall–Kier alpha value is -2.82. The quantitative estimate of drug-likeness (QED) is 0.876. The Morgan fingerprint density at radius 1 is 1.16 bits per heavy atom. The second kappa shape index (κ2) is 7.38. The fourth-order valence-corrected chi connectivity index (χ4v) is 2.71. The first kappa shape index (κ1) is 17.0. The highest BCUT2D eigenvalue weighted by molar-refractivity contribution is 5.99. The Morgan fingerprint density at radius 3 is 2.60 bits per heavy atom. The third-order valence-corrected chi connectivity index (χ3v) is 4.27. The molecule has 3 rings (SSSR count). The van der Waals surface area contributed by atoms with E-state index in [0.29, 0.717) is 30.0 Å². The number of amides is 2. The molecule has 0 fully saturated rings. The standard InChI is InChI=1S/C20H22N2O3/c1-3-14-4-6-15(7-5-14)8-11-19(23)21-16-9-10-18-17(12-16)22-20(24)13(2)25-18/h4-7,9-10,12-13H,3,8,11H2,1-2H3,(H,21,23)(H,22,24)/t13-/m1/s1. The number of ether oxygens (including phenoxy) is 1. The average molecular weight is 338 g/mol. The van der Waals surface area contributed by atoms with Crippen LogP contribution in [0.1, 0.15) is 31.4 Å². The molecule has 25 heavy (non-hydrogen) atoms. The van der Waals surface area contributed by atoms with Gasteiger partial charge in [-0.2, -0.15) is 0 Å². The van der Waals surface area contributed by atoms with Crippen molar-refractivity contribution in [2.45, 2.75) is 39.2 Å². The van der Waals surface area contributed by atoms with Gasteiger partial charge in [0.15, 0.2) is 6.10 Å². The van der Waals surface area contributed by atoms with Crippen LogP contribution in [0.5, 0.6) is 5.75 Å². The van der Waals surface area contributed by atoms with Crippen LogP contribution in [0.2, 0.25) is 0 Å². The summed E-state index contributed by atoms with van der Waals surface area (Å²) in [5.74, 6) is 0.364. The van der Waals surface area contributed by atoms with Crippen molar-refractivity contribution in [3.63, 3.8) is 0 Å². The van der Waals surface area contributed by atoms with Gasteiger partial charge in [-0.3, -0.25) is 9.59 Å². The number of aryl methyl sites for hydroxylation is 2. The van der Waals surface area contributed by atoms with Gasteiger partial charge in [0.2, 0.25) is 5.91 Å². The summed E-state index contributed by atoms with van der Waals surface area (Å²) in [7, 11) is 0. The van der Waals surface area contributed by atoms with Crippen LogP contribution in [0.4, 0.5) is 11.4 Å². The van der Waals surface area contributed by atoms with E-state index in [1.54, 1.807) is 25.1 Å². The van der Waals surface area contributed by atoms with Gasteiger partial charge < -0.3 is 15.4 Å². The first-order valence-corrected chi connectivity index (χ1v) is 8.54. The second-order valence-corrected chi connectivity index (χ2v) is 6.18. The molecular formula is C20H22N2O3. The van der Waals surface area contributed by atoms with Gasteiger partial charge in [0, 0.05) is 12.1 Å². The molecule has 0 unspecified atom stereocenters. The number of carbonyl (C=O) groups excluding carboxylic acids is 2. The third-order valence-electron chi connectivity index (χ3n) is 4.27. The van der Waals surface area contributed by atoms with E-state index in [1.165, 1.54) is 5.56 Å². The van der Waals surface area contributed by atoms with Gasteiger partial charge in [-0.15, -0.1) is 0 Å². The molecule has 0 spiro atoms. The molecule has 0 radical (unpaired) electrons. The van der Waals surface area contributed by atoms with Gasteiger partial charge in [-0.05, 0) is 49.1 Å². The Kier molecular flexibility index (Phi) is 5.03. The molecule has 2 N–H and O–H groups in total. The Balaban J connectivity index is 1.57. The first-order chi connectivity index (χ1) is 12.0. The summed E-state index contributed by atoms with van der Waals surface area (Å²) < 4.78 is 5.50. The highest BCUT2D eigenvalue weighted by Gasteiger charge is 2.23. The molecule has 5 heteroatoms. The van der Waals surface area contributed by atoms with E-state index in [0.717, 1.165) is 12.0 Å². The highest BCUT2D eigenvalue weighted by Crippen LogP contribution is 2.32. The predicted octanol–water partition coefficient (Wildman–Crippen LogP) is 3.54. The maximum absolute atomic E-state index is 12.2. The van der Waals surface area contributed by atoms with Gasteiger partial charge in [0.1, 0.15) is 5.75 Å². The Morgan fingerprint density at radius 2 is 1.88 bits per heavy atom. The van der Waals surface area contributed by atoms with Crippen molar-refractivity contribution >= 4 is 23.2 Å². The lowest BCUT2D eigenvalue weighted by atomic mass is 10.1. The summed E-state index contributed by atoms with van der Waals surface area (Å²) in [6.07, 6.45) is 1.60. The smallest absolute Gasteiger partial charge is 0.265 e. The largest absolute Gasteiger partial charge is 0.479 e. The summed E-state index contributed by atoms with van der Waals surface area (Å²) in [6.45, 7) is 3.82. The molecule has 1 aliphatic rings. The van der Waals surface area contributed by atoms with E-state index in [2.05, 4.69) is 41.8 Å². The minimum absolute atomic E-state index is 0.0593. The van der Waals surface area contributed by atoms with Crippen molar-refractivity contribution in [2.24, 2.45) is 0 Å². The molecule has 1 heterocycles. The number of hydrogen-bond acceptors (Lipinski definition) is 3. The van der Waals surface area contributed by atoms with Crippen molar-refractivity contribution in [1.82, 2.24) is 0 Å². The zero-order valence-corrected chi connectivity index (χ0v) is 14.5. The number of hydrogen-bond donors (Lipinski definition) is 2.